The van der Waals surface area contributed by atoms with Crippen molar-refractivity contribution in [1.29, 1.82) is 0 Å². The molecule has 0 bridgehead atoms. The monoisotopic (exact) mass is 247 g/mol. The van der Waals surface area contributed by atoms with Crippen molar-refractivity contribution in [2.45, 2.75) is 6.54 Å². The first-order valence-corrected chi connectivity index (χ1v) is 5.24. The first kappa shape index (κ1) is 12.0. The molecular weight excluding hydrogens is 234 g/mol. The zero-order valence-electron chi connectivity index (χ0n) is 9.79. The average molecular weight is 247 g/mol. The van der Waals surface area contributed by atoms with Crippen molar-refractivity contribution < 1.29 is 4.79 Å². The number of nitrogen functional groups attached to an aromatic ring is 1. The Bertz CT molecular complexity index is 533. The Kier molecular flexibility index (Phi) is 3.49. The van der Waals surface area contributed by atoms with Crippen molar-refractivity contribution in [2.24, 2.45) is 12.9 Å². The van der Waals surface area contributed by atoms with Crippen LogP contribution in [-0.2, 0) is 13.6 Å². The molecule has 0 atom stereocenters. The number of hydrogen-bond acceptors (Lipinski definition) is 6. The lowest BCUT2D eigenvalue weighted by molar-refractivity contribution is 0.0944. The second-order valence-corrected chi connectivity index (χ2v) is 3.62. The molecule has 2 aromatic rings. The van der Waals surface area contributed by atoms with E-state index in [9.17, 15) is 4.79 Å². The highest BCUT2D eigenvalue weighted by Gasteiger charge is 2.08. The number of carbonyl (C=O) groups excluding carboxylic acids is 1. The van der Waals surface area contributed by atoms with Crippen molar-refractivity contribution in [1.82, 2.24) is 25.1 Å². The Labute approximate surface area is 103 Å². The molecule has 0 saturated heterocycles. The van der Waals surface area contributed by atoms with Crippen LogP contribution in [0.15, 0.2) is 24.7 Å². The number of nitrogens with two attached hydrogens (primary N) is 1. The number of hydrazine groups is 1. The van der Waals surface area contributed by atoms with E-state index in [1.165, 1.54) is 6.20 Å². The maximum atomic E-state index is 11.8. The maximum absolute atomic E-state index is 11.8. The van der Waals surface area contributed by atoms with Gasteiger partial charge in [-0.2, -0.15) is 0 Å². The van der Waals surface area contributed by atoms with Crippen LogP contribution < -0.4 is 16.6 Å². The standard InChI is InChI=1S/C10H13N7O/c1-17-6-14-16-9(17)5-13-10(18)8-3-2-7(15-11)4-12-8/h2-4,6,15H,5,11H2,1H3,(H,13,18). The van der Waals surface area contributed by atoms with Crippen molar-refractivity contribution >= 4 is 11.6 Å². The number of rotatable bonds is 4. The van der Waals surface area contributed by atoms with Gasteiger partial charge in [-0.3, -0.25) is 10.6 Å². The molecule has 1 amide bonds. The van der Waals surface area contributed by atoms with Gasteiger partial charge in [0, 0.05) is 7.05 Å². The summed E-state index contributed by atoms with van der Waals surface area (Å²) in [5, 5.41) is 10.3. The van der Waals surface area contributed by atoms with Crippen LogP contribution in [0.4, 0.5) is 5.69 Å². The van der Waals surface area contributed by atoms with Gasteiger partial charge in [0.1, 0.15) is 12.0 Å². The number of amides is 1. The predicted octanol–water partition coefficient (Wildman–Crippen LogP) is -0.574. The SMILES string of the molecule is Cn1cnnc1CNC(=O)c1ccc(NN)cn1. The number of nitrogens with one attached hydrogen (secondary N) is 2. The molecule has 0 fully saturated rings. The Balaban J connectivity index is 1.97. The summed E-state index contributed by atoms with van der Waals surface area (Å²) in [6, 6.07) is 3.26. The number of hydrogen-bond donors (Lipinski definition) is 3. The van der Waals surface area contributed by atoms with E-state index in [2.05, 4.69) is 25.9 Å². The van der Waals surface area contributed by atoms with E-state index in [1.54, 1.807) is 30.1 Å². The molecule has 18 heavy (non-hydrogen) atoms. The van der Waals surface area contributed by atoms with Gasteiger partial charge in [-0.05, 0) is 12.1 Å². The van der Waals surface area contributed by atoms with Gasteiger partial charge in [0.15, 0.2) is 5.82 Å². The van der Waals surface area contributed by atoms with Crippen molar-refractivity contribution in [2.75, 3.05) is 5.43 Å². The second kappa shape index (κ2) is 5.23. The van der Waals surface area contributed by atoms with Crippen LogP contribution in [0.25, 0.3) is 0 Å². The molecule has 0 aromatic carbocycles. The minimum absolute atomic E-state index is 0.276. The summed E-state index contributed by atoms with van der Waals surface area (Å²) in [5.74, 6) is 5.60. The third-order valence-corrected chi connectivity index (χ3v) is 2.37. The number of pyridine rings is 1. The Morgan fingerprint density at radius 3 is 2.89 bits per heavy atom. The molecule has 8 nitrogen and oxygen atoms in total. The van der Waals surface area contributed by atoms with Crippen LogP contribution in [0.2, 0.25) is 0 Å². The fraction of sp³-hybridized carbons (Fsp3) is 0.200. The van der Waals surface area contributed by atoms with E-state index >= 15 is 0 Å². The van der Waals surface area contributed by atoms with Crippen molar-refractivity contribution in [3.05, 3.63) is 36.2 Å². The van der Waals surface area contributed by atoms with Gasteiger partial charge >= 0.3 is 0 Å². The van der Waals surface area contributed by atoms with Crippen LogP contribution in [-0.4, -0.2) is 25.7 Å². The zero-order chi connectivity index (χ0) is 13.0. The third-order valence-electron chi connectivity index (χ3n) is 2.37. The highest BCUT2D eigenvalue weighted by molar-refractivity contribution is 5.92. The summed E-state index contributed by atoms with van der Waals surface area (Å²) < 4.78 is 1.73. The van der Waals surface area contributed by atoms with E-state index < -0.39 is 0 Å². The number of aromatic nitrogens is 4. The normalized spacial score (nSPS) is 10.1. The largest absolute Gasteiger partial charge is 0.343 e. The Hall–Kier alpha value is -2.48. The van der Waals surface area contributed by atoms with E-state index in [0.717, 1.165) is 0 Å². The molecule has 8 heteroatoms. The Morgan fingerprint density at radius 1 is 1.50 bits per heavy atom. The quantitative estimate of drug-likeness (QED) is 0.492. The smallest absolute Gasteiger partial charge is 0.270 e. The van der Waals surface area contributed by atoms with Gasteiger partial charge in [0.2, 0.25) is 0 Å². The van der Waals surface area contributed by atoms with Crippen molar-refractivity contribution in [3.63, 3.8) is 0 Å². The van der Waals surface area contributed by atoms with E-state index in [1.807, 2.05) is 0 Å². The summed E-state index contributed by atoms with van der Waals surface area (Å²) in [4.78, 5) is 15.7. The summed E-state index contributed by atoms with van der Waals surface area (Å²) in [6.45, 7) is 0.300. The summed E-state index contributed by atoms with van der Waals surface area (Å²) in [5.41, 5.74) is 3.39. The molecule has 0 aliphatic carbocycles. The molecule has 0 unspecified atom stereocenters. The van der Waals surface area contributed by atoms with Gasteiger partial charge in [0.05, 0.1) is 18.4 Å². The van der Waals surface area contributed by atoms with Crippen LogP contribution in [0, 0.1) is 0 Å². The van der Waals surface area contributed by atoms with Crippen LogP contribution in [0.5, 0.6) is 0 Å². The molecule has 2 heterocycles. The van der Waals surface area contributed by atoms with Crippen molar-refractivity contribution in [3.8, 4) is 0 Å². The van der Waals surface area contributed by atoms with Crippen LogP contribution >= 0.6 is 0 Å². The number of aryl methyl sites for hydroxylation is 1. The summed E-state index contributed by atoms with van der Waals surface area (Å²) >= 11 is 0. The molecule has 2 rings (SSSR count). The Morgan fingerprint density at radius 2 is 2.33 bits per heavy atom. The molecule has 4 N–H and O–H groups in total. The predicted molar refractivity (Wildman–Crippen MR) is 64.2 cm³/mol. The van der Waals surface area contributed by atoms with E-state index in [0.29, 0.717) is 23.8 Å². The highest BCUT2D eigenvalue weighted by atomic mass is 16.1. The molecule has 0 aliphatic heterocycles. The number of carbonyl (C=O) groups is 1. The molecule has 0 radical (unpaired) electrons. The zero-order valence-corrected chi connectivity index (χ0v) is 9.79. The lowest BCUT2D eigenvalue weighted by Crippen LogP contribution is -2.25. The van der Waals surface area contributed by atoms with Gasteiger partial charge < -0.3 is 15.3 Å². The first-order chi connectivity index (χ1) is 8.70. The molecule has 0 aliphatic rings. The second-order valence-electron chi connectivity index (χ2n) is 3.62. The van der Waals surface area contributed by atoms with Gasteiger partial charge in [0.25, 0.3) is 5.91 Å². The van der Waals surface area contributed by atoms with Crippen LogP contribution in [0.3, 0.4) is 0 Å². The first-order valence-electron chi connectivity index (χ1n) is 5.24. The maximum Gasteiger partial charge on any atom is 0.270 e. The fourth-order valence-corrected chi connectivity index (χ4v) is 1.33. The lowest BCUT2D eigenvalue weighted by Gasteiger charge is -2.04. The van der Waals surface area contributed by atoms with Gasteiger partial charge in [-0.1, -0.05) is 0 Å². The molecular formula is C10H13N7O. The number of anilines is 1. The molecule has 2 aromatic heterocycles. The van der Waals surface area contributed by atoms with Crippen LogP contribution in [0.1, 0.15) is 16.3 Å². The van der Waals surface area contributed by atoms with Gasteiger partial charge in [-0.15, -0.1) is 10.2 Å². The third kappa shape index (κ3) is 2.61. The molecule has 94 valence electrons. The average Bonchev–Trinajstić information content (AvgIpc) is 2.81. The minimum atomic E-state index is -0.276. The molecule has 0 saturated carbocycles. The summed E-state index contributed by atoms with van der Waals surface area (Å²) in [6.07, 6.45) is 3.05. The lowest BCUT2D eigenvalue weighted by atomic mass is 10.3. The van der Waals surface area contributed by atoms with E-state index in [4.69, 9.17) is 5.84 Å². The topological polar surface area (TPSA) is 111 Å². The summed E-state index contributed by atoms with van der Waals surface area (Å²) in [7, 11) is 1.81. The molecule has 0 spiro atoms. The number of nitrogens with zero attached hydrogens (tertiary/aromatic N) is 4. The van der Waals surface area contributed by atoms with Gasteiger partial charge in [-0.25, -0.2) is 4.98 Å². The highest BCUT2D eigenvalue weighted by Crippen LogP contribution is 2.04. The minimum Gasteiger partial charge on any atom is -0.343 e. The van der Waals surface area contributed by atoms with E-state index in [-0.39, 0.29) is 5.91 Å². The fourth-order valence-electron chi connectivity index (χ4n) is 1.33.